The molecule has 0 unspecified atom stereocenters. The Morgan fingerprint density at radius 1 is 1.00 bits per heavy atom. The Bertz CT molecular complexity index is 1320. The van der Waals surface area contributed by atoms with Crippen molar-refractivity contribution >= 4 is 33.3 Å². The number of anilines is 1. The average Bonchev–Trinajstić information content (AvgIpc) is 2.70. The van der Waals surface area contributed by atoms with Gasteiger partial charge in [0.25, 0.3) is 10.0 Å². The van der Waals surface area contributed by atoms with E-state index in [9.17, 15) is 21.6 Å². The number of sulfonamides is 1. The van der Waals surface area contributed by atoms with E-state index in [0.29, 0.717) is 6.07 Å². The molecule has 0 saturated heterocycles. The number of nitrogens with one attached hydrogen (secondary N) is 2. The standard InChI is InChI=1S/C20H13ClF3N3O3S/c21-13-3-1-2-4-16(13)30-19-14(23)7-8-17-18(19)26-20(27-31(17,28)29)25-10-11-5-6-12(22)9-15(11)24/h1-9H,10H2,(H2,25,26,27). The first-order valence-corrected chi connectivity index (χ1v) is 10.6. The molecule has 1 aliphatic heterocycles. The van der Waals surface area contributed by atoms with Crippen LogP contribution < -0.4 is 14.8 Å². The molecule has 0 aromatic heterocycles. The topological polar surface area (TPSA) is 79.8 Å². The molecule has 31 heavy (non-hydrogen) atoms. The van der Waals surface area contributed by atoms with E-state index in [1.165, 1.54) is 18.2 Å². The highest BCUT2D eigenvalue weighted by Gasteiger charge is 2.31. The summed E-state index contributed by atoms with van der Waals surface area (Å²) in [7, 11) is -4.13. The van der Waals surface area contributed by atoms with Gasteiger partial charge in [0.2, 0.25) is 5.96 Å². The largest absolute Gasteiger partial charge is 0.450 e. The van der Waals surface area contributed by atoms with Gasteiger partial charge in [0.05, 0.1) is 11.6 Å². The lowest BCUT2D eigenvalue weighted by atomic mass is 10.2. The molecule has 3 aromatic carbocycles. The van der Waals surface area contributed by atoms with Crippen molar-refractivity contribution in [2.75, 3.05) is 5.32 Å². The highest BCUT2D eigenvalue weighted by Crippen LogP contribution is 2.40. The first kappa shape index (κ1) is 21.0. The zero-order chi connectivity index (χ0) is 22.2. The third-order valence-electron chi connectivity index (χ3n) is 4.31. The van der Waals surface area contributed by atoms with Crippen molar-refractivity contribution in [3.63, 3.8) is 0 Å². The van der Waals surface area contributed by atoms with Gasteiger partial charge in [-0.05, 0) is 30.3 Å². The molecule has 0 atom stereocenters. The van der Waals surface area contributed by atoms with E-state index >= 15 is 0 Å². The number of benzene rings is 3. The van der Waals surface area contributed by atoms with Crippen LogP contribution in [0, 0.1) is 17.5 Å². The number of nitrogens with zero attached hydrogens (tertiary/aromatic N) is 1. The van der Waals surface area contributed by atoms with E-state index < -0.39 is 33.2 Å². The van der Waals surface area contributed by atoms with E-state index in [1.807, 2.05) is 0 Å². The lowest BCUT2D eigenvalue weighted by Gasteiger charge is -2.24. The number of guanidine groups is 1. The maximum absolute atomic E-state index is 14.6. The van der Waals surface area contributed by atoms with Crippen LogP contribution in [0.15, 0.2) is 64.5 Å². The van der Waals surface area contributed by atoms with Gasteiger partial charge < -0.3 is 10.1 Å². The van der Waals surface area contributed by atoms with Gasteiger partial charge >= 0.3 is 0 Å². The Hall–Kier alpha value is -3.24. The minimum absolute atomic E-state index is 0.0347. The lowest BCUT2D eigenvalue weighted by molar-refractivity contribution is 0.443. The first-order valence-electron chi connectivity index (χ1n) is 8.78. The SMILES string of the molecule is O=S1(=O)NC(=NCc2ccc(F)cc2F)Nc2c1ccc(F)c2Oc1ccccc1Cl. The molecule has 1 heterocycles. The molecule has 3 aromatic rings. The van der Waals surface area contributed by atoms with Crippen molar-refractivity contribution in [3.05, 3.63) is 82.6 Å². The average molecular weight is 468 g/mol. The Kier molecular flexibility index (Phi) is 5.50. The quantitative estimate of drug-likeness (QED) is 0.577. The fraction of sp³-hybridized carbons (Fsp3) is 0.0500. The lowest BCUT2D eigenvalue weighted by Crippen LogP contribution is -2.41. The zero-order valence-electron chi connectivity index (χ0n) is 15.5. The highest BCUT2D eigenvalue weighted by atomic mass is 35.5. The Morgan fingerprint density at radius 3 is 2.52 bits per heavy atom. The molecule has 0 spiro atoms. The van der Waals surface area contributed by atoms with E-state index in [2.05, 4.69) is 15.0 Å². The fourth-order valence-corrected chi connectivity index (χ4v) is 4.14. The molecule has 4 rings (SSSR count). The minimum atomic E-state index is -4.13. The summed E-state index contributed by atoms with van der Waals surface area (Å²) in [5, 5.41) is 2.85. The molecule has 0 fully saturated rings. The van der Waals surface area contributed by atoms with Crippen LogP contribution in [0.2, 0.25) is 5.02 Å². The van der Waals surface area contributed by atoms with Crippen molar-refractivity contribution in [2.45, 2.75) is 11.4 Å². The minimum Gasteiger partial charge on any atom is -0.450 e. The molecule has 0 aliphatic carbocycles. The third-order valence-corrected chi connectivity index (χ3v) is 6.00. The van der Waals surface area contributed by atoms with Gasteiger partial charge in [0, 0.05) is 11.6 Å². The summed E-state index contributed by atoms with van der Waals surface area (Å²) in [6, 6.07) is 11.2. The normalized spacial score (nSPS) is 15.7. The molecule has 11 heteroatoms. The summed E-state index contributed by atoms with van der Waals surface area (Å²) in [4.78, 5) is 3.71. The van der Waals surface area contributed by atoms with Crippen molar-refractivity contribution < 1.29 is 26.3 Å². The summed E-state index contributed by atoms with van der Waals surface area (Å²) in [6.45, 7) is -0.303. The Morgan fingerprint density at radius 2 is 1.77 bits per heavy atom. The molecule has 0 bridgehead atoms. The maximum atomic E-state index is 14.6. The number of ether oxygens (including phenoxy) is 1. The monoisotopic (exact) mass is 467 g/mol. The van der Waals surface area contributed by atoms with Gasteiger partial charge in [-0.15, -0.1) is 0 Å². The Labute approximate surface area is 180 Å². The number of fused-ring (bicyclic) bond motifs is 1. The summed E-state index contributed by atoms with van der Waals surface area (Å²) < 4.78 is 74.5. The summed E-state index contributed by atoms with van der Waals surface area (Å²) >= 11 is 6.05. The second-order valence-corrected chi connectivity index (χ2v) is 8.47. The number of aliphatic imine (C=N–C) groups is 1. The van der Waals surface area contributed by atoms with Crippen molar-refractivity contribution in [2.24, 2.45) is 4.99 Å². The van der Waals surface area contributed by atoms with E-state index in [4.69, 9.17) is 16.3 Å². The first-order chi connectivity index (χ1) is 14.7. The number of hydrogen-bond acceptors (Lipinski definition) is 4. The number of para-hydroxylation sites is 1. The van der Waals surface area contributed by atoms with Crippen molar-refractivity contribution in [1.29, 1.82) is 0 Å². The summed E-state index contributed by atoms with van der Waals surface area (Å²) in [5.74, 6) is -3.01. The molecule has 1 aliphatic rings. The molecular formula is C20H13ClF3N3O3S. The number of halogens is 4. The van der Waals surface area contributed by atoms with Gasteiger partial charge in [-0.25, -0.2) is 31.3 Å². The Balaban J connectivity index is 1.72. The zero-order valence-corrected chi connectivity index (χ0v) is 17.1. The smallest absolute Gasteiger partial charge is 0.266 e. The van der Waals surface area contributed by atoms with Crippen LogP contribution in [0.4, 0.5) is 18.9 Å². The van der Waals surface area contributed by atoms with Gasteiger partial charge in [0.1, 0.15) is 28.0 Å². The van der Waals surface area contributed by atoms with Gasteiger partial charge in [-0.1, -0.05) is 29.8 Å². The molecule has 2 N–H and O–H groups in total. The second kappa shape index (κ2) is 8.12. The van der Waals surface area contributed by atoms with Crippen molar-refractivity contribution in [1.82, 2.24) is 4.72 Å². The van der Waals surface area contributed by atoms with E-state index in [0.717, 1.165) is 18.2 Å². The van der Waals surface area contributed by atoms with Crippen LogP contribution in [0.25, 0.3) is 0 Å². The molecule has 160 valence electrons. The van der Waals surface area contributed by atoms with Crippen LogP contribution in [-0.4, -0.2) is 14.4 Å². The molecular weight excluding hydrogens is 455 g/mol. The summed E-state index contributed by atoms with van der Waals surface area (Å²) in [6.07, 6.45) is 0. The van der Waals surface area contributed by atoms with Crippen LogP contribution in [0.5, 0.6) is 11.5 Å². The molecule has 0 radical (unpaired) electrons. The van der Waals surface area contributed by atoms with Gasteiger partial charge in [0.15, 0.2) is 11.6 Å². The van der Waals surface area contributed by atoms with Gasteiger partial charge in [-0.3, -0.25) is 0 Å². The third kappa shape index (κ3) is 4.30. The maximum Gasteiger partial charge on any atom is 0.266 e. The van der Waals surface area contributed by atoms with Crippen molar-refractivity contribution in [3.8, 4) is 11.5 Å². The number of rotatable bonds is 4. The number of hydrogen-bond donors (Lipinski definition) is 2. The highest BCUT2D eigenvalue weighted by molar-refractivity contribution is 7.90. The predicted molar refractivity (Wildman–Crippen MR) is 109 cm³/mol. The predicted octanol–water partition coefficient (Wildman–Crippen LogP) is 4.81. The van der Waals surface area contributed by atoms with Gasteiger partial charge in [-0.2, -0.15) is 0 Å². The van der Waals surface area contributed by atoms with Crippen LogP contribution in [-0.2, 0) is 16.6 Å². The van der Waals surface area contributed by atoms with Crippen LogP contribution >= 0.6 is 11.6 Å². The van der Waals surface area contributed by atoms with Crippen LogP contribution in [0.1, 0.15) is 5.56 Å². The molecule has 6 nitrogen and oxygen atoms in total. The van der Waals surface area contributed by atoms with Crippen LogP contribution in [0.3, 0.4) is 0 Å². The fourth-order valence-electron chi connectivity index (χ4n) is 2.83. The molecule has 0 amide bonds. The second-order valence-electron chi connectivity index (χ2n) is 6.41. The van der Waals surface area contributed by atoms with E-state index in [-0.39, 0.29) is 39.4 Å². The molecule has 0 saturated carbocycles. The summed E-state index contributed by atoms with van der Waals surface area (Å²) in [5.41, 5.74) is -0.163. The van der Waals surface area contributed by atoms with E-state index in [1.54, 1.807) is 12.1 Å².